The summed E-state index contributed by atoms with van der Waals surface area (Å²) in [6.45, 7) is 0. The number of Topliss-reactive ketones (excluding diaryl/α,β-unsaturated/α-hetero) is 1. The molecule has 0 spiro atoms. The molecular weight excluding hydrogens is 211 g/mol. The Morgan fingerprint density at radius 2 is 2.13 bits per heavy atom. The quantitative estimate of drug-likeness (QED) is 0.731. The van der Waals surface area contributed by atoms with Crippen molar-refractivity contribution in [2.24, 2.45) is 0 Å². The highest BCUT2D eigenvalue weighted by atomic mass is 19.4. The molecule has 0 amide bonds. The van der Waals surface area contributed by atoms with Crippen molar-refractivity contribution in [1.29, 1.82) is 0 Å². The van der Waals surface area contributed by atoms with Crippen LogP contribution in [0.2, 0.25) is 0 Å². The minimum absolute atomic E-state index is 0.105. The second-order valence-corrected chi connectivity index (χ2v) is 2.83. The first-order valence-corrected chi connectivity index (χ1v) is 4.01. The molecule has 1 heterocycles. The summed E-state index contributed by atoms with van der Waals surface area (Å²) in [7, 11) is 1.34. The van der Waals surface area contributed by atoms with Crippen LogP contribution in [0.3, 0.4) is 0 Å². The van der Waals surface area contributed by atoms with Gasteiger partial charge >= 0.3 is 6.18 Å². The zero-order valence-electron chi connectivity index (χ0n) is 7.84. The summed E-state index contributed by atoms with van der Waals surface area (Å²) in [5, 5.41) is 0. The number of pyridine rings is 1. The minimum Gasteiger partial charge on any atom is -0.495 e. The molecule has 0 unspecified atom stereocenters. The number of hydrogen-bond donors (Lipinski definition) is 0. The molecule has 0 aliphatic carbocycles. The maximum absolute atomic E-state index is 11.9. The maximum atomic E-state index is 11.9. The number of alkyl halides is 3. The summed E-state index contributed by atoms with van der Waals surface area (Å²) in [5.41, 5.74) is -0.105. The summed E-state index contributed by atoms with van der Waals surface area (Å²) in [6.07, 6.45) is -3.59. The van der Waals surface area contributed by atoms with Crippen LogP contribution in [0.25, 0.3) is 0 Å². The van der Waals surface area contributed by atoms with Gasteiger partial charge in [0.2, 0.25) is 0 Å². The molecule has 0 aliphatic rings. The van der Waals surface area contributed by atoms with Gasteiger partial charge in [-0.15, -0.1) is 0 Å². The van der Waals surface area contributed by atoms with Crippen LogP contribution in [0.1, 0.15) is 16.8 Å². The Bertz CT molecular complexity index is 363. The molecule has 0 radical (unpaired) electrons. The lowest BCUT2D eigenvalue weighted by atomic mass is 10.1. The fourth-order valence-electron chi connectivity index (χ4n) is 0.967. The van der Waals surface area contributed by atoms with E-state index in [-0.39, 0.29) is 11.3 Å². The Labute approximate surface area is 83.9 Å². The van der Waals surface area contributed by atoms with E-state index in [0.717, 1.165) is 6.20 Å². The van der Waals surface area contributed by atoms with E-state index < -0.39 is 18.4 Å². The van der Waals surface area contributed by atoms with Gasteiger partial charge in [0.05, 0.1) is 13.3 Å². The standard InChI is InChI=1S/C9H8F3NO2/c1-15-7-2-6(4-13-5-7)8(14)3-9(10,11)12/h2,4-5H,3H2,1H3. The molecule has 0 aliphatic heterocycles. The predicted molar refractivity (Wildman–Crippen MR) is 45.8 cm³/mol. The van der Waals surface area contributed by atoms with Crippen LogP contribution >= 0.6 is 0 Å². The monoisotopic (exact) mass is 219 g/mol. The lowest BCUT2D eigenvalue weighted by Crippen LogP contribution is -2.15. The van der Waals surface area contributed by atoms with Crippen LogP contribution in [0.4, 0.5) is 13.2 Å². The third-order valence-corrected chi connectivity index (χ3v) is 1.63. The molecule has 3 nitrogen and oxygen atoms in total. The van der Waals surface area contributed by atoms with E-state index in [1.54, 1.807) is 0 Å². The molecule has 0 fully saturated rings. The Hall–Kier alpha value is -1.59. The van der Waals surface area contributed by atoms with Gasteiger partial charge in [0, 0.05) is 11.8 Å². The summed E-state index contributed by atoms with van der Waals surface area (Å²) in [6, 6.07) is 1.22. The highest BCUT2D eigenvalue weighted by molar-refractivity contribution is 5.96. The van der Waals surface area contributed by atoms with Gasteiger partial charge in [-0.2, -0.15) is 13.2 Å². The van der Waals surface area contributed by atoms with Crippen molar-refractivity contribution in [3.05, 3.63) is 24.0 Å². The lowest BCUT2D eigenvalue weighted by Gasteiger charge is -2.05. The van der Waals surface area contributed by atoms with E-state index in [9.17, 15) is 18.0 Å². The van der Waals surface area contributed by atoms with Crippen molar-refractivity contribution in [2.75, 3.05) is 7.11 Å². The Morgan fingerprint density at radius 1 is 1.47 bits per heavy atom. The average molecular weight is 219 g/mol. The van der Waals surface area contributed by atoms with E-state index in [1.807, 2.05) is 0 Å². The first kappa shape index (κ1) is 11.5. The van der Waals surface area contributed by atoms with Crippen LogP contribution in [-0.2, 0) is 0 Å². The van der Waals surface area contributed by atoms with Crippen molar-refractivity contribution in [2.45, 2.75) is 12.6 Å². The molecule has 0 N–H and O–H groups in total. The highest BCUT2D eigenvalue weighted by Crippen LogP contribution is 2.22. The molecule has 1 aromatic rings. The van der Waals surface area contributed by atoms with Gasteiger partial charge in [-0.25, -0.2) is 0 Å². The predicted octanol–water partition coefficient (Wildman–Crippen LogP) is 2.23. The second kappa shape index (κ2) is 4.29. The summed E-state index contributed by atoms with van der Waals surface area (Å²) < 4.78 is 40.4. The number of methoxy groups -OCH3 is 1. The minimum atomic E-state index is -4.50. The fraction of sp³-hybridized carbons (Fsp3) is 0.333. The Morgan fingerprint density at radius 3 is 2.67 bits per heavy atom. The Balaban J connectivity index is 2.82. The fourth-order valence-corrected chi connectivity index (χ4v) is 0.967. The number of hydrogen-bond acceptors (Lipinski definition) is 3. The maximum Gasteiger partial charge on any atom is 0.396 e. The summed E-state index contributed by atoms with van der Waals surface area (Å²) in [4.78, 5) is 14.7. The third kappa shape index (κ3) is 3.57. The zero-order valence-corrected chi connectivity index (χ0v) is 7.84. The smallest absolute Gasteiger partial charge is 0.396 e. The number of nitrogens with zero attached hydrogens (tertiary/aromatic N) is 1. The van der Waals surface area contributed by atoms with E-state index in [4.69, 9.17) is 4.74 Å². The number of carbonyl (C=O) groups is 1. The molecule has 0 atom stereocenters. The van der Waals surface area contributed by atoms with Crippen LogP contribution in [0, 0.1) is 0 Å². The van der Waals surface area contributed by atoms with Crippen LogP contribution in [0.5, 0.6) is 5.75 Å². The number of ketones is 1. The van der Waals surface area contributed by atoms with Crippen molar-refractivity contribution in [3.63, 3.8) is 0 Å². The van der Waals surface area contributed by atoms with Gasteiger partial charge in [-0.3, -0.25) is 9.78 Å². The molecule has 0 saturated heterocycles. The van der Waals surface area contributed by atoms with Crippen molar-refractivity contribution in [3.8, 4) is 5.75 Å². The van der Waals surface area contributed by atoms with Gasteiger partial charge < -0.3 is 4.74 Å². The van der Waals surface area contributed by atoms with Gasteiger partial charge in [0.1, 0.15) is 12.2 Å². The zero-order chi connectivity index (χ0) is 11.5. The number of rotatable bonds is 3. The molecule has 6 heteroatoms. The van der Waals surface area contributed by atoms with Crippen LogP contribution < -0.4 is 4.74 Å². The number of carbonyl (C=O) groups excluding carboxylic acids is 1. The van der Waals surface area contributed by atoms with Gasteiger partial charge in [-0.1, -0.05) is 0 Å². The van der Waals surface area contributed by atoms with Crippen molar-refractivity contribution < 1.29 is 22.7 Å². The summed E-state index contributed by atoms with van der Waals surface area (Å²) >= 11 is 0. The normalized spacial score (nSPS) is 11.2. The summed E-state index contributed by atoms with van der Waals surface area (Å²) in [5.74, 6) is -0.767. The van der Waals surface area contributed by atoms with Gasteiger partial charge in [0.25, 0.3) is 0 Å². The lowest BCUT2D eigenvalue weighted by molar-refractivity contribution is -0.125. The van der Waals surface area contributed by atoms with E-state index in [1.165, 1.54) is 19.4 Å². The highest BCUT2D eigenvalue weighted by Gasteiger charge is 2.31. The van der Waals surface area contributed by atoms with Crippen molar-refractivity contribution in [1.82, 2.24) is 4.98 Å². The first-order valence-electron chi connectivity index (χ1n) is 4.01. The third-order valence-electron chi connectivity index (χ3n) is 1.63. The first-order chi connectivity index (χ1) is 6.92. The molecule has 15 heavy (non-hydrogen) atoms. The molecular formula is C9H8F3NO2. The number of ether oxygens (including phenoxy) is 1. The van der Waals surface area contributed by atoms with Gasteiger partial charge in [-0.05, 0) is 6.07 Å². The molecule has 1 aromatic heterocycles. The van der Waals surface area contributed by atoms with E-state index in [2.05, 4.69) is 4.98 Å². The van der Waals surface area contributed by atoms with Crippen LogP contribution in [0.15, 0.2) is 18.5 Å². The average Bonchev–Trinajstić information content (AvgIpc) is 2.15. The topological polar surface area (TPSA) is 39.2 Å². The number of halogens is 3. The number of aromatic nitrogens is 1. The van der Waals surface area contributed by atoms with Gasteiger partial charge in [0.15, 0.2) is 5.78 Å². The largest absolute Gasteiger partial charge is 0.495 e. The SMILES string of the molecule is COc1cncc(C(=O)CC(F)(F)F)c1. The van der Waals surface area contributed by atoms with Crippen molar-refractivity contribution >= 4 is 5.78 Å². The van der Waals surface area contributed by atoms with E-state index in [0.29, 0.717) is 0 Å². The van der Waals surface area contributed by atoms with Crippen LogP contribution in [-0.4, -0.2) is 24.1 Å². The van der Waals surface area contributed by atoms with E-state index >= 15 is 0 Å². The molecule has 1 rings (SSSR count). The second-order valence-electron chi connectivity index (χ2n) is 2.83. The molecule has 0 bridgehead atoms. The molecule has 0 aromatic carbocycles. The molecule has 82 valence electrons. The Kier molecular flexibility index (Phi) is 3.28. The molecule has 0 saturated carbocycles.